The van der Waals surface area contributed by atoms with Gasteiger partial charge in [-0.25, -0.2) is 4.98 Å². The van der Waals surface area contributed by atoms with E-state index in [4.69, 9.17) is 14.9 Å². The zero-order valence-electron chi connectivity index (χ0n) is 16.8. The number of hydrogen-bond donors (Lipinski definition) is 1. The Hall–Kier alpha value is -3.50. The standard InChI is InChI=1S/C22H17N3O5S2/c1-29-16-9-14(10-18-20(26)19(21(23)32-18)22-24-7-8-31-22)15(25(27)28)11-17(16)30-12-13-5-3-2-4-6-13/h2-11,19,23H,12H2,1H3/b18-10-,23-21?/t19-/m0/s1. The Morgan fingerprint density at radius 2 is 2.03 bits per heavy atom. The molecule has 0 amide bonds. The van der Waals surface area contributed by atoms with Crippen LogP contribution >= 0.6 is 23.1 Å². The van der Waals surface area contributed by atoms with Crippen LogP contribution in [0.3, 0.4) is 0 Å². The number of hydrogen-bond acceptors (Lipinski definition) is 9. The van der Waals surface area contributed by atoms with Gasteiger partial charge in [-0.3, -0.25) is 20.3 Å². The molecule has 1 aromatic heterocycles. The van der Waals surface area contributed by atoms with Gasteiger partial charge in [0.2, 0.25) is 0 Å². The van der Waals surface area contributed by atoms with Gasteiger partial charge < -0.3 is 9.47 Å². The van der Waals surface area contributed by atoms with Crippen molar-refractivity contribution in [2.45, 2.75) is 12.5 Å². The minimum absolute atomic E-state index is 0.147. The molecule has 0 spiro atoms. The zero-order valence-corrected chi connectivity index (χ0v) is 18.4. The number of thiazole rings is 1. The van der Waals surface area contributed by atoms with Crippen molar-refractivity contribution in [1.29, 1.82) is 5.41 Å². The summed E-state index contributed by atoms with van der Waals surface area (Å²) in [6.45, 7) is 0.218. The van der Waals surface area contributed by atoms with Crippen LogP contribution < -0.4 is 9.47 Å². The van der Waals surface area contributed by atoms with E-state index in [1.165, 1.54) is 36.7 Å². The van der Waals surface area contributed by atoms with Gasteiger partial charge in [0.15, 0.2) is 17.3 Å². The number of thioether (sulfide) groups is 1. The van der Waals surface area contributed by atoms with Crippen LogP contribution in [0.2, 0.25) is 0 Å². The fourth-order valence-corrected chi connectivity index (χ4v) is 4.97. The highest BCUT2D eigenvalue weighted by Crippen LogP contribution is 2.43. The maximum absolute atomic E-state index is 12.9. The number of nitrogens with zero attached hydrogens (tertiary/aromatic N) is 2. The number of nitrogens with one attached hydrogen (secondary N) is 1. The van der Waals surface area contributed by atoms with Crippen molar-refractivity contribution in [3.8, 4) is 11.5 Å². The lowest BCUT2D eigenvalue weighted by Gasteiger charge is -2.12. The fraction of sp³-hybridized carbons (Fsp3) is 0.136. The highest BCUT2D eigenvalue weighted by atomic mass is 32.2. The van der Waals surface area contributed by atoms with Crippen molar-refractivity contribution in [3.05, 3.63) is 85.2 Å². The van der Waals surface area contributed by atoms with Gasteiger partial charge in [-0.2, -0.15) is 0 Å². The molecule has 2 heterocycles. The van der Waals surface area contributed by atoms with Crippen LogP contribution in [0, 0.1) is 15.5 Å². The van der Waals surface area contributed by atoms with Crippen molar-refractivity contribution in [1.82, 2.24) is 4.98 Å². The molecule has 2 aromatic carbocycles. The van der Waals surface area contributed by atoms with E-state index < -0.39 is 10.8 Å². The summed E-state index contributed by atoms with van der Waals surface area (Å²) < 4.78 is 11.2. The van der Waals surface area contributed by atoms with Gasteiger partial charge in [0.25, 0.3) is 5.69 Å². The van der Waals surface area contributed by atoms with E-state index in [1.54, 1.807) is 11.6 Å². The summed E-state index contributed by atoms with van der Waals surface area (Å²) in [5.74, 6) is -0.530. The van der Waals surface area contributed by atoms with Gasteiger partial charge >= 0.3 is 0 Å². The smallest absolute Gasteiger partial charge is 0.280 e. The molecule has 0 aliphatic carbocycles. The number of carbonyl (C=O) groups excluding carboxylic acids is 1. The Morgan fingerprint density at radius 1 is 1.25 bits per heavy atom. The Balaban J connectivity index is 1.67. The van der Waals surface area contributed by atoms with E-state index in [2.05, 4.69) is 4.98 Å². The summed E-state index contributed by atoms with van der Waals surface area (Å²) in [5, 5.41) is 22.4. The van der Waals surface area contributed by atoms with Crippen molar-refractivity contribution >= 4 is 45.7 Å². The molecule has 1 aliphatic rings. The molecule has 0 radical (unpaired) electrons. The Kier molecular flexibility index (Phi) is 6.33. The maximum atomic E-state index is 12.9. The van der Waals surface area contributed by atoms with Crippen molar-refractivity contribution in [3.63, 3.8) is 0 Å². The summed E-state index contributed by atoms with van der Waals surface area (Å²) in [6.07, 6.45) is 3.01. The first-order valence-electron chi connectivity index (χ1n) is 9.42. The lowest BCUT2D eigenvalue weighted by atomic mass is 10.0. The number of aromatic nitrogens is 1. The SMILES string of the molecule is COc1cc(/C=C2\SC(=N)[C@@H](c3nccs3)C2=O)c([N+](=O)[O-])cc1OCc1ccccc1. The van der Waals surface area contributed by atoms with Crippen LogP contribution in [0.4, 0.5) is 5.69 Å². The summed E-state index contributed by atoms with van der Waals surface area (Å²) in [4.78, 5) is 28.5. The van der Waals surface area contributed by atoms with E-state index in [1.807, 2.05) is 30.3 Å². The Bertz CT molecular complexity index is 1210. The number of ether oxygens (including phenoxy) is 2. The molecular weight excluding hydrogens is 450 g/mol. The molecule has 4 rings (SSSR count). The highest BCUT2D eigenvalue weighted by molar-refractivity contribution is 8.19. The molecule has 0 saturated carbocycles. The van der Waals surface area contributed by atoms with Crippen molar-refractivity contribution in [2.75, 3.05) is 7.11 Å². The average molecular weight is 468 g/mol. The topological polar surface area (TPSA) is 115 Å². The van der Waals surface area contributed by atoms with Gasteiger partial charge in [0.05, 0.1) is 33.6 Å². The molecule has 1 aliphatic heterocycles. The van der Waals surface area contributed by atoms with Crippen LogP contribution in [-0.2, 0) is 11.4 Å². The molecule has 1 N–H and O–H groups in total. The number of ketones is 1. The largest absolute Gasteiger partial charge is 0.493 e. The molecule has 3 aromatic rings. The predicted molar refractivity (Wildman–Crippen MR) is 124 cm³/mol. The molecule has 8 nitrogen and oxygen atoms in total. The average Bonchev–Trinajstić information content (AvgIpc) is 3.40. The van der Waals surface area contributed by atoms with Gasteiger partial charge in [0, 0.05) is 11.6 Å². The molecule has 1 atom stereocenters. The first-order chi connectivity index (χ1) is 15.5. The molecule has 162 valence electrons. The lowest BCUT2D eigenvalue weighted by Crippen LogP contribution is -2.11. The first-order valence-corrected chi connectivity index (χ1v) is 11.1. The van der Waals surface area contributed by atoms with E-state index in [9.17, 15) is 14.9 Å². The molecule has 1 fully saturated rings. The number of nitro benzene ring substituents is 1. The van der Waals surface area contributed by atoms with Crippen molar-refractivity contribution < 1.29 is 19.2 Å². The Labute approximate surface area is 191 Å². The molecular formula is C22H17N3O5S2. The zero-order chi connectivity index (χ0) is 22.7. The highest BCUT2D eigenvalue weighted by Gasteiger charge is 2.38. The fourth-order valence-electron chi connectivity index (χ4n) is 3.18. The third-order valence-corrected chi connectivity index (χ3v) is 6.55. The Morgan fingerprint density at radius 3 is 2.69 bits per heavy atom. The van der Waals surface area contributed by atoms with Crippen LogP contribution in [-0.4, -0.2) is 27.8 Å². The van der Waals surface area contributed by atoms with Gasteiger partial charge in [-0.15, -0.1) is 11.3 Å². The molecule has 1 saturated heterocycles. The second-order valence-corrected chi connectivity index (χ2v) is 8.75. The number of rotatable bonds is 7. The van der Waals surface area contributed by atoms with Gasteiger partial charge in [-0.1, -0.05) is 42.1 Å². The monoisotopic (exact) mass is 467 g/mol. The van der Waals surface area contributed by atoms with Gasteiger partial charge in [0.1, 0.15) is 17.5 Å². The number of carbonyl (C=O) groups is 1. The van der Waals surface area contributed by atoms with E-state index >= 15 is 0 Å². The maximum Gasteiger partial charge on any atom is 0.280 e. The summed E-state index contributed by atoms with van der Waals surface area (Å²) >= 11 is 2.28. The minimum Gasteiger partial charge on any atom is -0.493 e. The first kappa shape index (κ1) is 21.7. The molecule has 0 bridgehead atoms. The third-order valence-electron chi connectivity index (χ3n) is 4.72. The number of nitro groups is 1. The van der Waals surface area contributed by atoms with E-state index in [0.29, 0.717) is 10.8 Å². The number of allylic oxidation sites excluding steroid dienone is 1. The second-order valence-electron chi connectivity index (χ2n) is 6.74. The van der Waals surface area contributed by atoms with E-state index in [0.717, 1.165) is 17.3 Å². The number of Topliss-reactive ketones (excluding diaryl/α,β-unsaturated/α-hetero) is 1. The lowest BCUT2D eigenvalue weighted by molar-refractivity contribution is -0.385. The van der Waals surface area contributed by atoms with Crippen LogP contribution in [0.25, 0.3) is 6.08 Å². The summed E-state index contributed by atoms with van der Waals surface area (Å²) in [5.41, 5.74) is 0.879. The quantitative estimate of drug-likeness (QED) is 0.293. The van der Waals surface area contributed by atoms with E-state index in [-0.39, 0.29) is 39.3 Å². The van der Waals surface area contributed by atoms with Crippen LogP contribution in [0.1, 0.15) is 22.1 Å². The van der Waals surface area contributed by atoms with Crippen molar-refractivity contribution in [2.24, 2.45) is 0 Å². The normalized spacial score (nSPS) is 17.0. The summed E-state index contributed by atoms with van der Waals surface area (Å²) in [6, 6.07) is 12.2. The number of benzene rings is 2. The number of methoxy groups -OCH3 is 1. The van der Waals surface area contributed by atoms with Crippen LogP contribution in [0.15, 0.2) is 58.9 Å². The van der Waals surface area contributed by atoms with Gasteiger partial charge in [-0.05, 0) is 17.7 Å². The summed E-state index contributed by atoms with van der Waals surface area (Å²) in [7, 11) is 1.44. The molecule has 32 heavy (non-hydrogen) atoms. The van der Waals surface area contributed by atoms with Crippen LogP contribution in [0.5, 0.6) is 11.5 Å². The third kappa shape index (κ3) is 4.41. The molecule has 10 heteroatoms. The predicted octanol–water partition coefficient (Wildman–Crippen LogP) is 5.06. The minimum atomic E-state index is -0.763. The second kappa shape index (κ2) is 9.33. The molecule has 0 unspecified atom stereocenters.